The van der Waals surface area contributed by atoms with E-state index in [2.05, 4.69) is 25.1 Å². The second kappa shape index (κ2) is 7.94. The molecule has 2 fully saturated rings. The highest BCUT2D eigenvalue weighted by atomic mass is 35.5. The van der Waals surface area contributed by atoms with Gasteiger partial charge in [-0.15, -0.1) is 10.2 Å². The van der Waals surface area contributed by atoms with E-state index in [0.29, 0.717) is 11.6 Å². The average molecular weight is 394 g/mol. The van der Waals surface area contributed by atoms with E-state index in [1.807, 2.05) is 0 Å². The zero-order chi connectivity index (χ0) is 17.9. The van der Waals surface area contributed by atoms with E-state index in [-0.39, 0.29) is 22.9 Å². The second-order valence-electron chi connectivity index (χ2n) is 6.54. The van der Waals surface area contributed by atoms with E-state index in [0.717, 1.165) is 49.8 Å². The lowest BCUT2D eigenvalue weighted by Gasteiger charge is -2.14. The number of pyridine rings is 1. The molecule has 1 unspecified atom stereocenters. The molecule has 2 aromatic heterocycles. The van der Waals surface area contributed by atoms with Gasteiger partial charge in [0.25, 0.3) is 0 Å². The Morgan fingerprint density at radius 1 is 1.38 bits per heavy atom. The molecule has 1 amide bonds. The van der Waals surface area contributed by atoms with Gasteiger partial charge < -0.3 is 14.6 Å². The van der Waals surface area contributed by atoms with Gasteiger partial charge in [0.15, 0.2) is 10.3 Å². The van der Waals surface area contributed by atoms with Gasteiger partial charge in [0, 0.05) is 18.7 Å². The van der Waals surface area contributed by atoms with Crippen LogP contribution in [0.5, 0.6) is 0 Å². The number of hydrogen-bond donors (Lipinski definition) is 1. The molecule has 4 rings (SSSR count). The molecule has 1 aliphatic heterocycles. The van der Waals surface area contributed by atoms with E-state index < -0.39 is 0 Å². The van der Waals surface area contributed by atoms with Crippen molar-refractivity contribution in [2.45, 2.75) is 49.4 Å². The molecule has 2 aromatic rings. The van der Waals surface area contributed by atoms with Crippen LogP contribution in [0, 0.1) is 0 Å². The monoisotopic (exact) mass is 393 g/mol. The molecule has 138 valence electrons. The normalized spacial score (nSPS) is 19.7. The molecule has 26 heavy (non-hydrogen) atoms. The molecular formula is C17H20ClN5O2S. The lowest BCUT2D eigenvalue weighted by atomic mass is 10.2. The van der Waals surface area contributed by atoms with Crippen LogP contribution in [0.2, 0.25) is 5.15 Å². The average Bonchev–Trinajstić information content (AvgIpc) is 3.20. The number of aromatic nitrogens is 4. The Morgan fingerprint density at radius 3 is 3.00 bits per heavy atom. The van der Waals surface area contributed by atoms with Gasteiger partial charge in [-0.05, 0) is 37.8 Å². The number of thioether (sulfide) groups is 1. The van der Waals surface area contributed by atoms with Gasteiger partial charge in [0.05, 0.1) is 24.1 Å². The van der Waals surface area contributed by atoms with Crippen LogP contribution in [0.3, 0.4) is 0 Å². The first-order valence-electron chi connectivity index (χ1n) is 8.78. The summed E-state index contributed by atoms with van der Waals surface area (Å²) < 4.78 is 7.91. The van der Waals surface area contributed by atoms with Gasteiger partial charge >= 0.3 is 0 Å². The molecule has 9 heteroatoms. The molecule has 0 radical (unpaired) electrons. The molecule has 7 nitrogen and oxygen atoms in total. The van der Waals surface area contributed by atoms with E-state index in [1.165, 1.54) is 11.8 Å². The van der Waals surface area contributed by atoms with Crippen molar-refractivity contribution in [3.05, 3.63) is 29.3 Å². The summed E-state index contributed by atoms with van der Waals surface area (Å²) in [6, 6.07) is 3.46. The van der Waals surface area contributed by atoms with Crippen molar-refractivity contribution in [2.24, 2.45) is 0 Å². The first-order valence-corrected chi connectivity index (χ1v) is 10.1. The Hall–Kier alpha value is -1.64. The van der Waals surface area contributed by atoms with Gasteiger partial charge in [-0.2, -0.15) is 0 Å². The van der Waals surface area contributed by atoms with Crippen LogP contribution in [0.1, 0.15) is 37.4 Å². The summed E-state index contributed by atoms with van der Waals surface area (Å²) in [6.07, 6.45) is 6.28. The van der Waals surface area contributed by atoms with E-state index in [1.54, 1.807) is 18.3 Å². The zero-order valence-electron chi connectivity index (χ0n) is 14.2. The predicted molar refractivity (Wildman–Crippen MR) is 99.6 cm³/mol. The molecule has 1 N–H and O–H groups in total. The topological polar surface area (TPSA) is 81.9 Å². The highest BCUT2D eigenvalue weighted by molar-refractivity contribution is 7.99. The molecule has 0 aromatic carbocycles. The first kappa shape index (κ1) is 17.8. The van der Waals surface area contributed by atoms with Crippen molar-refractivity contribution in [3.8, 4) is 0 Å². The van der Waals surface area contributed by atoms with Gasteiger partial charge in [0.2, 0.25) is 5.91 Å². The number of nitrogens with zero attached hydrogens (tertiary/aromatic N) is 4. The minimum atomic E-state index is -0.149. The van der Waals surface area contributed by atoms with Crippen LogP contribution in [0.15, 0.2) is 23.5 Å². The fourth-order valence-electron chi connectivity index (χ4n) is 3.01. The lowest BCUT2D eigenvalue weighted by molar-refractivity contribution is -0.113. The Balaban J connectivity index is 1.41. The third-order valence-electron chi connectivity index (χ3n) is 4.46. The van der Waals surface area contributed by atoms with Crippen molar-refractivity contribution >= 4 is 35.0 Å². The Bertz CT molecular complexity index is 789. The summed E-state index contributed by atoms with van der Waals surface area (Å²) in [4.78, 5) is 16.2. The lowest BCUT2D eigenvalue weighted by Crippen LogP contribution is -2.19. The van der Waals surface area contributed by atoms with Gasteiger partial charge in [0.1, 0.15) is 5.82 Å². The largest absolute Gasteiger partial charge is 0.376 e. The molecular weight excluding hydrogens is 374 g/mol. The maximum Gasteiger partial charge on any atom is 0.234 e. The first-order chi connectivity index (χ1) is 12.7. The van der Waals surface area contributed by atoms with Gasteiger partial charge in [-0.3, -0.25) is 4.79 Å². The number of amides is 1. The van der Waals surface area contributed by atoms with Crippen LogP contribution in [0.4, 0.5) is 5.69 Å². The maximum absolute atomic E-state index is 12.2. The minimum Gasteiger partial charge on any atom is -0.376 e. The summed E-state index contributed by atoms with van der Waals surface area (Å²) in [5, 5.41) is 12.5. The van der Waals surface area contributed by atoms with Crippen LogP contribution in [-0.2, 0) is 16.1 Å². The summed E-state index contributed by atoms with van der Waals surface area (Å²) >= 11 is 7.37. The standard InChI is InChI=1S/C17H20ClN5O2S/c18-15-13(4-1-7-19-15)20-14(24)10-26-17-22-21-16(11-5-6-11)23(17)9-12-3-2-8-25-12/h1,4,7,11-12H,2-3,5-6,8-10H2,(H,20,24). The molecule has 0 bridgehead atoms. The van der Waals surface area contributed by atoms with Crippen molar-refractivity contribution in [3.63, 3.8) is 0 Å². The maximum atomic E-state index is 12.2. The number of rotatable bonds is 7. The van der Waals surface area contributed by atoms with Crippen LogP contribution in [0.25, 0.3) is 0 Å². The Morgan fingerprint density at radius 2 is 2.27 bits per heavy atom. The molecule has 1 atom stereocenters. The SMILES string of the molecule is O=C(CSc1nnc(C2CC2)n1CC1CCCO1)Nc1cccnc1Cl. The van der Waals surface area contributed by atoms with Crippen molar-refractivity contribution in [1.82, 2.24) is 19.7 Å². The molecule has 2 aliphatic rings. The van der Waals surface area contributed by atoms with E-state index in [4.69, 9.17) is 16.3 Å². The van der Waals surface area contributed by atoms with Gasteiger partial charge in [-0.25, -0.2) is 4.98 Å². The molecule has 1 aliphatic carbocycles. The van der Waals surface area contributed by atoms with Crippen molar-refractivity contribution < 1.29 is 9.53 Å². The molecule has 3 heterocycles. The molecule has 0 spiro atoms. The van der Waals surface area contributed by atoms with Crippen molar-refractivity contribution in [1.29, 1.82) is 0 Å². The molecule has 1 saturated heterocycles. The second-order valence-corrected chi connectivity index (χ2v) is 7.84. The van der Waals surface area contributed by atoms with Crippen LogP contribution in [-0.4, -0.2) is 44.1 Å². The fraction of sp³-hybridized carbons (Fsp3) is 0.529. The number of ether oxygens (including phenoxy) is 1. The van der Waals surface area contributed by atoms with Crippen molar-refractivity contribution in [2.75, 3.05) is 17.7 Å². The van der Waals surface area contributed by atoms with Crippen LogP contribution < -0.4 is 5.32 Å². The Kier molecular flexibility index (Phi) is 5.42. The Labute approximate surface area is 160 Å². The summed E-state index contributed by atoms with van der Waals surface area (Å²) in [5.74, 6) is 1.61. The summed E-state index contributed by atoms with van der Waals surface area (Å²) in [5.41, 5.74) is 0.513. The minimum absolute atomic E-state index is 0.149. The third kappa shape index (κ3) is 4.19. The summed E-state index contributed by atoms with van der Waals surface area (Å²) in [6.45, 7) is 1.58. The quantitative estimate of drug-likeness (QED) is 0.575. The highest BCUT2D eigenvalue weighted by Gasteiger charge is 2.32. The predicted octanol–water partition coefficient (Wildman–Crippen LogP) is 3.11. The van der Waals surface area contributed by atoms with Crippen LogP contribution >= 0.6 is 23.4 Å². The number of hydrogen-bond acceptors (Lipinski definition) is 6. The fourth-order valence-corrected chi connectivity index (χ4v) is 3.93. The van der Waals surface area contributed by atoms with E-state index >= 15 is 0 Å². The number of carbonyl (C=O) groups excluding carboxylic acids is 1. The number of carbonyl (C=O) groups is 1. The third-order valence-corrected chi connectivity index (χ3v) is 5.73. The number of anilines is 1. The van der Waals surface area contributed by atoms with E-state index in [9.17, 15) is 4.79 Å². The zero-order valence-corrected chi connectivity index (χ0v) is 15.8. The van der Waals surface area contributed by atoms with Gasteiger partial charge in [-0.1, -0.05) is 23.4 Å². The number of nitrogens with one attached hydrogen (secondary N) is 1. The summed E-state index contributed by atoms with van der Waals surface area (Å²) in [7, 11) is 0. The smallest absolute Gasteiger partial charge is 0.234 e. The number of halogens is 1. The highest BCUT2D eigenvalue weighted by Crippen LogP contribution is 2.40. The molecule has 1 saturated carbocycles.